The summed E-state index contributed by atoms with van der Waals surface area (Å²) < 4.78 is 4.63. The molecule has 0 radical (unpaired) electrons. The Morgan fingerprint density at radius 1 is 1.92 bits per heavy atom. The second kappa shape index (κ2) is 2.47. The van der Waals surface area contributed by atoms with Gasteiger partial charge in [0.1, 0.15) is 4.92 Å². The molecule has 1 aliphatic rings. The molecule has 0 saturated heterocycles. The number of carboxylic acid groups (broad SMARTS) is 1. The standard InChI is InChI=1S/C6H7NO5/c1-6(5(8)9)3-2-4(12-6)7(10)11/h2H,3H2,1H3,(H,8,9). The Labute approximate surface area is 67.6 Å². The topological polar surface area (TPSA) is 89.7 Å². The Bertz CT molecular complexity index is 271. The molecule has 1 heterocycles. The Balaban J connectivity index is 2.75. The predicted molar refractivity (Wildman–Crippen MR) is 36.8 cm³/mol. The molecule has 1 aliphatic heterocycles. The number of nitro groups is 1. The molecule has 0 aromatic rings. The van der Waals surface area contributed by atoms with E-state index in [0.717, 1.165) is 6.08 Å². The summed E-state index contributed by atoms with van der Waals surface area (Å²) in [4.78, 5) is 19.9. The van der Waals surface area contributed by atoms with Gasteiger partial charge in [-0.2, -0.15) is 0 Å². The van der Waals surface area contributed by atoms with Crippen LogP contribution in [0.25, 0.3) is 0 Å². The molecule has 0 amide bonds. The lowest BCUT2D eigenvalue weighted by molar-refractivity contribution is -0.466. The van der Waals surface area contributed by atoms with E-state index >= 15 is 0 Å². The maximum atomic E-state index is 10.5. The first-order valence-corrected chi connectivity index (χ1v) is 3.23. The van der Waals surface area contributed by atoms with E-state index in [1.807, 2.05) is 0 Å². The van der Waals surface area contributed by atoms with Crippen LogP contribution in [0.4, 0.5) is 0 Å². The van der Waals surface area contributed by atoms with Crippen LogP contribution in [0.1, 0.15) is 13.3 Å². The van der Waals surface area contributed by atoms with Gasteiger partial charge >= 0.3 is 11.9 Å². The fourth-order valence-corrected chi connectivity index (χ4v) is 0.839. The van der Waals surface area contributed by atoms with Crippen LogP contribution in [-0.2, 0) is 9.53 Å². The highest BCUT2D eigenvalue weighted by atomic mass is 16.7. The average molecular weight is 173 g/mol. The van der Waals surface area contributed by atoms with E-state index in [0.29, 0.717) is 0 Å². The van der Waals surface area contributed by atoms with Crippen molar-refractivity contribution < 1.29 is 19.6 Å². The summed E-state index contributed by atoms with van der Waals surface area (Å²) in [5, 5.41) is 18.7. The van der Waals surface area contributed by atoms with Crippen LogP contribution >= 0.6 is 0 Å². The maximum Gasteiger partial charge on any atom is 0.425 e. The van der Waals surface area contributed by atoms with Crippen LogP contribution in [0.2, 0.25) is 0 Å². The van der Waals surface area contributed by atoms with Crippen LogP contribution in [0.15, 0.2) is 12.0 Å². The van der Waals surface area contributed by atoms with E-state index in [1.54, 1.807) is 0 Å². The molecule has 6 nitrogen and oxygen atoms in total. The summed E-state index contributed by atoms with van der Waals surface area (Å²) in [6.07, 6.45) is 1.19. The zero-order valence-electron chi connectivity index (χ0n) is 6.31. The number of aliphatic carboxylic acids is 1. The fraction of sp³-hybridized carbons (Fsp3) is 0.500. The highest BCUT2D eigenvalue weighted by Gasteiger charge is 2.43. The van der Waals surface area contributed by atoms with Gasteiger partial charge in [-0.05, 0) is 6.92 Å². The van der Waals surface area contributed by atoms with Crippen molar-refractivity contribution in [1.29, 1.82) is 0 Å². The smallest absolute Gasteiger partial charge is 0.425 e. The van der Waals surface area contributed by atoms with Crippen LogP contribution in [0, 0.1) is 10.1 Å². The second-order valence-corrected chi connectivity index (χ2v) is 2.64. The van der Waals surface area contributed by atoms with Crippen LogP contribution in [0.3, 0.4) is 0 Å². The second-order valence-electron chi connectivity index (χ2n) is 2.64. The molecule has 0 spiro atoms. The molecular weight excluding hydrogens is 166 g/mol. The summed E-state index contributed by atoms with van der Waals surface area (Å²) in [7, 11) is 0. The molecule has 0 aromatic carbocycles. The van der Waals surface area contributed by atoms with Crippen LogP contribution in [0.5, 0.6) is 0 Å². The van der Waals surface area contributed by atoms with Crippen molar-refractivity contribution >= 4 is 5.97 Å². The fourth-order valence-electron chi connectivity index (χ4n) is 0.839. The van der Waals surface area contributed by atoms with E-state index < -0.39 is 22.4 Å². The van der Waals surface area contributed by atoms with E-state index in [4.69, 9.17) is 5.11 Å². The van der Waals surface area contributed by atoms with Gasteiger partial charge in [0, 0.05) is 12.5 Å². The number of hydrogen-bond acceptors (Lipinski definition) is 4. The summed E-state index contributed by atoms with van der Waals surface area (Å²) in [6.45, 7) is 1.29. The molecule has 0 bridgehead atoms. The third-order valence-corrected chi connectivity index (χ3v) is 1.63. The SMILES string of the molecule is CC1(C(=O)O)CC=C([N+](=O)[O-])O1. The van der Waals surface area contributed by atoms with Crippen molar-refractivity contribution in [1.82, 2.24) is 0 Å². The Hall–Kier alpha value is -1.59. The van der Waals surface area contributed by atoms with Crippen molar-refractivity contribution in [2.45, 2.75) is 18.9 Å². The lowest BCUT2D eigenvalue weighted by Gasteiger charge is -2.16. The van der Waals surface area contributed by atoms with Gasteiger partial charge in [-0.25, -0.2) is 4.79 Å². The number of carbonyl (C=O) groups is 1. The van der Waals surface area contributed by atoms with Gasteiger partial charge in [0.15, 0.2) is 0 Å². The molecule has 0 aliphatic carbocycles. The first-order valence-electron chi connectivity index (χ1n) is 3.23. The summed E-state index contributed by atoms with van der Waals surface area (Å²) in [5.74, 6) is -1.68. The van der Waals surface area contributed by atoms with Gasteiger partial charge in [-0.15, -0.1) is 0 Å². The Kier molecular flexibility index (Phi) is 1.75. The molecule has 0 fully saturated rings. The molecular formula is C6H7NO5. The summed E-state index contributed by atoms with van der Waals surface area (Å²) >= 11 is 0. The normalized spacial score (nSPS) is 27.6. The minimum absolute atomic E-state index is 0.0264. The lowest BCUT2D eigenvalue weighted by Crippen LogP contribution is -2.35. The largest absolute Gasteiger partial charge is 0.478 e. The van der Waals surface area contributed by atoms with Gasteiger partial charge in [0.25, 0.3) is 0 Å². The maximum absolute atomic E-state index is 10.5. The number of ether oxygens (including phenoxy) is 1. The third-order valence-electron chi connectivity index (χ3n) is 1.63. The molecule has 12 heavy (non-hydrogen) atoms. The van der Waals surface area contributed by atoms with E-state index in [9.17, 15) is 14.9 Å². The molecule has 0 saturated carbocycles. The molecule has 1 atom stereocenters. The van der Waals surface area contributed by atoms with Gasteiger partial charge in [0.05, 0.1) is 0 Å². The van der Waals surface area contributed by atoms with Crippen LogP contribution in [-0.4, -0.2) is 21.6 Å². The van der Waals surface area contributed by atoms with Gasteiger partial charge in [-0.1, -0.05) is 0 Å². The Morgan fingerprint density at radius 2 is 2.50 bits per heavy atom. The Morgan fingerprint density at radius 3 is 2.75 bits per heavy atom. The average Bonchev–Trinajstić information content (AvgIpc) is 2.33. The molecule has 1 N–H and O–H groups in total. The van der Waals surface area contributed by atoms with Gasteiger partial charge in [0.2, 0.25) is 5.60 Å². The number of carboxylic acids is 1. The van der Waals surface area contributed by atoms with E-state index in [-0.39, 0.29) is 6.42 Å². The highest BCUT2D eigenvalue weighted by molar-refractivity contribution is 5.77. The first kappa shape index (κ1) is 8.51. The number of hydrogen-bond donors (Lipinski definition) is 1. The van der Waals surface area contributed by atoms with Crippen molar-refractivity contribution in [3.8, 4) is 0 Å². The molecule has 0 aromatic heterocycles. The number of nitrogens with zero attached hydrogens (tertiary/aromatic N) is 1. The van der Waals surface area contributed by atoms with Gasteiger partial charge in [-0.3, -0.25) is 10.1 Å². The van der Waals surface area contributed by atoms with E-state index in [2.05, 4.69) is 4.74 Å². The zero-order valence-corrected chi connectivity index (χ0v) is 6.31. The van der Waals surface area contributed by atoms with Crippen LogP contribution < -0.4 is 0 Å². The summed E-state index contributed by atoms with van der Waals surface area (Å²) in [6, 6.07) is 0. The summed E-state index contributed by atoms with van der Waals surface area (Å²) in [5.41, 5.74) is -1.47. The minimum atomic E-state index is -1.47. The van der Waals surface area contributed by atoms with Gasteiger partial charge < -0.3 is 9.84 Å². The molecule has 66 valence electrons. The predicted octanol–water partition coefficient (Wildman–Crippen LogP) is 0.368. The first-order chi connectivity index (χ1) is 5.46. The van der Waals surface area contributed by atoms with Crippen molar-refractivity contribution in [3.05, 3.63) is 22.1 Å². The lowest BCUT2D eigenvalue weighted by atomic mass is 10.1. The zero-order chi connectivity index (χ0) is 9.35. The molecule has 1 rings (SSSR count). The number of rotatable bonds is 2. The quantitative estimate of drug-likeness (QED) is 0.481. The molecule has 1 unspecified atom stereocenters. The van der Waals surface area contributed by atoms with Crippen molar-refractivity contribution in [2.24, 2.45) is 0 Å². The molecule has 6 heteroatoms. The third kappa shape index (κ3) is 1.23. The van der Waals surface area contributed by atoms with Crippen molar-refractivity contribution in [2.75, 3.05) is 0 Å². The highest BCUT2D eigenvalue weighted by Crippen LogP contribution is 2.28. The monoisotopic (exact) mass is 173 g/mol. The minimum Gasteiger partial charge on any atom is -0.478 e. The van der Waals surface area contributed by atoms with E-state index in [1.165, 1.54) is 6.92 Å². The van der Waals surface area contributed by atoms with Crippen molar-refractivity contribution in [3.63, 3.8) is 0 Å².